The van der Waals surface area contributed by atoms with E-state index in [9.17, 15) is 4.79 Å². The quantitative estimate of drug-likeness (QED) is 0.606. The summed E-state index contributed by atoms with van der Waals surface area (Å²) in [6, 6.07) is 9.37. The monoisotopic (exact) mass is 260 g/mol. The van der Waals surface area contributed by atoms with Crippen LogP contribution in [0.25, 0.3) is 0 Å². The van der Waals surface area contributed by atoms with Gasteiger partial charge in [0.2, 0.25) is 0 Å². The molecule has 0 radical (unpaired) electrons. The van der Waals surface area contributed by atoms with E-state index in [1.165, 1.54) is 0 Å². The SMILES string of the molecule is C[C@@H]1CN(C)[C@H](C)C/C1=N/OC(=O)c1ccccc1. The Labute approximate surface area is 114 Å². The fourth-order valence-corrected chi connectivity index (χ4v) is 2.23. The summed E-state index contributed by atoms with van der Waals surface area (Å²) in [5, 5.41) is 4.07. The molecule has 0 unspecified atom stereocenters. The van der Waals surface area contributed by atoms with Crippen molar-refractivity contribution >= 4 is 11.7 Å². The van der Waals surface area contributed by atoms with E-state index in [-0.39, 0.29) is 0 Å². The van der Waals surface area contributed by atoms with E-state index >= 15 is 0 Å². The first-order valence-corrected chi connectivity index (χ1v) is 6.61. The summed E-state index contributed by atoms with van der Waals surface area (Å²) in [5.74, 6) is -0.0725. The van der Waals surface area contributed by atoms with E-state index in [0.29, 0.717) is 17.5 Å². The number of piperidine rings is 1. The van der Waals surface area contributed by atoms with Gasteiger partial charge in [-0.25, -0.2) is 4.79 Å². The van der Waals surface area contributed by atoms with E-state index < -0.39 is 5.97 Å². The van der Waals surface area contributed by atoms with E-state index in [1.807, 2.05) is 18.2 Å². The van der Waals surface area contributed by atoms with Crippen LogP contribution in [0.5, 0.6) is 0 Å². The molecule has 4 heteroatoms. The summed E-state index contributed by atoms with van der Waals surface area (Å²) < 4.78 is 0. The summed E-state index contributed by atoms with van der Waals surface area (Å²) in [6.07, 6.45) is 0.847. The fraction of sp³-hybridized carbons (Fsp3) is 0.467. The van der Waals surface area contributed by atoms with Gasteiger partial charge in [0.15, 0.2) is 0 Å². The molecule has 0 amide bonds. The maximum atomic E-state index is 11.8. The van der Waals surface area contributed by atoms with E-state index in [4.69, 9.17) is 4.84 Å². The second-order valence-corrected chi connectivity index (χ2v) is 5.22. The third kappa shape index (κ3) is 3.41. The molecule has 1 saturated heterocycles. The van der Waals surface area contributed by atoms with Crippen LogP contribution < -0.4 is 0 Å². The van der Waals surface area contributed by atoms with Crippen molar-refractivity contribution in [2.45, 2.75) is 26.3 Å². The molecule has 0 spiro atoms. The number of benzene rings is 1. The van der Waals surface area contributed by atoms with Crippen molar-refractivity contribution in [3.05, 3.63) is 35.9 Å². The highest BCUT2D eigenvalue weighted by atomic mass is 16.7. The smallest absolute Gasteiger partial charge is 0.313 e. The van der Waals surface area contributed by atoms with Crippen molar-refractivity contribution in [3.63, 3.8) is 0 Å². The Kier molecular flexibility index (Phi) is 4.32. The predicted octanol–water partition coefficient (Wildman–Crippen LogP) is 2.56. The van der Waals surface area contributed by atoms with Gasteiger partial charge >= 0.3 is 5.97 Å². The molecular formula is C15H20N2O2. The maximum Gasteiger partial charge on any atom is 0.365 e. The lowest BCUT2D eigenvalue weighted by molar-refractivity contribution is 0.0508. The van der Waals surface area contributed by atoms with Gasteiger partial charge in [0, 0.05) is 24.9 Å². The molecule has 1 heterocycles. The number of likely N-dealkylation sites (tertiary alicyclic amines) is 1. The van der Waals surface area contributed by atoms with E-state index in [1.54, 1.807) is 12.1 Å². The number of carbonyl (C=O) groups excluding carboxylic acids is 1. The number of hydrogen-bond acceptors (Lipinski definition) is 4. The van der Waals surface area contributed by atoms with Gasteiger partial charge in [-0.2, -0.15) is 0 Å². The molecule has 1 aliphatic rings. The van der Waals surface area contributed by atoms with Crippen molar-refractivity contribution in [2.24, 2.45) is 11.1 Å². The number of carbonyl (C=O) groups is 1. The molecule has 0 aliphatic carbocycles. The zero-order valence-corrected chi connectivity index (χ0v) is 11.7. The van der Waals surface area contributed by atoms with Gasteiger partial charge in [-0.15, -0.1) is 0 Å². The molecular weight excluding hydrogens is 240 g/mol. The van der Waals surface area contributed by atoms with Crippen LogP contribution in [-0.4, -0.2) is 36.2 Å². The van der Waals surface area contributed by atoms with Gasteiger partial charge < -0.3 is 9.74 Å². The Bertz CT molecular complexity index is 470. The Morgan fingerprint density at radius 3 is 2.68 bits per heavy atom. The minimum atomic E-state index is -0.396. The van der Waals surface area contributed by atoms with Gasteiger partial charge in [-0.3, -0.25) is 0 Å². The largest absolute Gasteiger partial charge is 0.365 e. The molecule has 2 rings (SSSR count). The van der Waals surface area contributed by atoms with Gasteiger partial charge in [0.1, 0.15) is 0 Å². The Morgan fingerprint density at radius 1 is 1.32 bits per heavy atom. The van der Waals surface area contributed by atoms with Gasteiger partial charge in [-0.05, 0) is 26.1 Å². The summed E-state index contributed by atoms with van der Waals surface area (Å²) in [4.78, 5) is 19.1. The average molecular weight is 260 g/mol. The molecule has 2 atom stereocenters. The summed E-state index contributed by atoms with van der Waals surface area (Å²) in [7, 11) is 2.11. The van der Waals surface area contributed by atoms with Gasteiger partial charge in [0.05, 0.1) is 11.3 Å². The minimum absolute atomic E-state index is 0.324. The number of oxime groups is 1. The highest BCUT2D eigenvalue weighted by Gasteiger charge is 2.26. The molecule has 1 fully saturated rings. The summed E-state index contributed by atoms with van der Waals surface area (Å²) in [6.45, 7) is 5.21. The zero-order chi connectivity index (χ0) is 13.8. The standard InChI is InChI=1S/C15H20N2O2/c1-11-10-17(3)12(2)9-14(11)16-19-15(18)13-7-5-4-6-8-13/h4-8,11-12H,9-10H2,1-3H3/b16-14-/t11-,12-/m1/s1. The first-order chi connectivity index (χ1) is 9.08. The Morgan fingerprint density at radius 2 is 2.00 bits per heavy atom. The van der Waals surface area contributed by atoms with Crippen molar-refractivity contribution in [3.8, 4) is 0 Å². The van der Waals surface area contributed by atoms with Crippen molar-refractivity contribution < 1.29 is 9.63 Å². The highest BCUT2D eigenvalue weighted by molar-refractivity contribution is 5.91. The van der Waals surface area contributed by atoms with Crippen molar-refractivity contribution in [1.82, 2.24) is 4.90 Å². The fourth-order valence-electron chi connectivity index (χ4n) is 2.23. The molecule has 0 saturated carbocycles. The second-order valence-electron chi connectivity index (χ2n) is 5.22. The summed E-state index contributed by atoms with van der Waals surface area (Å²) >= 11 is 0. The molecule has 19 heavy (non-hydrogen) atoms. The number of nitrogens with zero attached hydrogens (tertiary/aromatic N) is 2. The maximum absolute atomic E-state index is 11.8. The average Bonchev–Trinajstić information content (AvgIpc) is 2.42. The molecule has 1 aromatic carbocycles. The second kappa shape index (κ2) is 5.97. The lowest BCUT2D eigenvalue weighted by Gasteiger charge is -2.34. The lowest BCUT2D eigenvalue weighted by Crippen LogP contribution is -2.43. The van der Waals surface area contributed by atoms with Crippen LogP contribution in [0.3, 0.4) is 0 Å². The van der Waals surface area contributed by atoms with Crippen molar-refractivity contribution in [1.29, 1.82) is 0 Å². The molecule has 0 N–H and O–H groups in total. The molecule has 0 bridgehead atoms. The molecule has 102 valence electrons. The molecule has 4 nitrogen and oxygen atoms in total. The van der Waals surface area contributed by atoms with Crippen LogP contribution in [-0.2, 0) is 4.84 Å². The number of rotatable bonds is 2. The minimum Gasteiger partial charge on any atom is -0.313 e. The predicted molar refractivity (Wildman–Crippen MR) is 75.2 cm³/mol. The highest BCUT2D eigenvalue weighted by Crippen LogP contribution is 2.18. The lowest BCUT2D eigenvalue weighted by atomic mass is 9.93. The van der Waals surface area contributed by atoms with Crippen LogP contribution in [0.2, 0.25) is 0 Å². The third-order valence-electron chi connectivity index (χ3n) is 3.64. The third-order valence-corrected chi connectivity index (χ3v) is 3.64. The van der Waals surface area contributed by atoms with E-state index in [0.717, 1.165) is 18.7 Å². The normalized spacial score (nSPS) is 26.4. The zero-order valence-electron chi connectivity index (χ0n) is 11.7. The molecule has 1 aromatic rings. The van der Waals surface area contributed by atoms with Crippen LogP contribution in [0.15, 0.2) is 35.5 Å². The summed E-state index contributed by atoms with van der Waals surface area (Å²) in [5.41, 5.74) is 1.50. The van der Waals surface area contributed by atoms with Crippen LogP contribution in [0.1, 0.15) is 30.6 Å². The Hall–Kier alpha value is -1.68. The first kappa shape index (κ1) is 13.7. The van der Waals surface area contributed by atoms with E-state index in [2.05, 4.69) is 31.0 Å². The van der Waals surface area contributed by atoms with Gasteiger partial charge in [-0.1, -0.05) is 30.3 Å². The van der Waals surface area contributed by atoms with Crippen molar-refractivity contribution in [2.75, 3.05) is 13.6 Å². The molecule has 0 aromatic heterocycles. The van der Waals surface area contributed by atoms with Gasteiger partial charge in [0.25, 0.3) is 0 Å². The Balaban J connectivity index is 2.00. The van der Waals surface area contributed by atoms with Crippen LogP contribution in [0.4, 0.5) is 0 Å². The number of hydrogen-bond donors (Lipinski definition) is 0. The topological polar surface area (TPSA) is 41.9 Å². The van der Waals surface area contributed by atoms with Crippen LogP contribution >= 0.6 is 0 Å². The molecule has 1 aliphatic heterocycles. The first-order valence-electron chi connectivity index (χ1n) is 6.61. The van der Waals surface area contributed by atoms with Crippen LogP contribution in [0, 0.1) is 5.92 Å².